The molecule has 1 aliphatic carbocycles. The number of hydrogen-bond acceptors (Lipinski definition) is 6. The monoisotopic (exact) mass is 546 g/mol. The minimum absolute atomic E-state index is 0.00533. The number of rotatable bonds is 8. The average Bonchev–Trinajstić information content (AvgIpc) is 3.77. The van der Waals surface area contributed by atoms with Crippen LogP contribution >= 0.6 is 0 Å². The van der Waals surface area contributed by atoms with Crippen molar-refractivity contribution in [1.29, 1.82) is 0 Å². The van der Waals surface area contributed by atoms with Crippen molar-refractivity contribution in [1.82, 2.24) is 30.5 Å². The summed E-state index contributed by atoms with van der Waals surface area (Å²) in [5, 5.41) is 6.55. The lowest BCUT2D eigenvalue weighted by molar-refractivity contribution is -0.127. The van der Waals surface area contributed by atoms with Gasteiger partial charge in [0.15, 0.2) is 5.82 Å². The van der Waals surface area contributed by atoms with Crippen LogP contribution in [0.1, 0.15) is 59.6 Å². The number of aromatic nitrogens is 3. The lowest BCUT2D eigenvalue weighted by atomic mass is 9.78. The number of carbonyl (C=O) groups excluding carboxylic acids is 4. The molecule has 3 aliphatic rings. The summed E-state index contributed by atoms with van der Waals surface area (Å²) < 4.78 is 5.46. The summed E-state index contributed by atoms with van der Waals surface area (Å²) in [4.78, 5) is 65.5. The highest BCUT2D eigenvalue weighted by Gasteiger charge is 2.49. The number of imidazole rings is 1. The molecule has 2 aliphatic heterocycles. The smallest absolute Gasteiger partial charge is 0.271 e. The molecule has 6 rings (SSSR count). The lowest BCUT2D eigenvalue weighted by Gasteiger charge is -2.31. The Kier molecular flexibility index (Phi) is 7.03. The van der Waals surface area contributed by atoms with Gasteiger partial charge in [-0.1, -0.05) is 18.9 Å². The van der Waals surface area contributed by atoms with Gasteiger partial charge in [0.2, 0.25) is 17.6 Å². The topological polar surface area (TPSA) is 149 Å². The summed E-state index contributed by atoms with van der Waals surface area (Å²) in [6.07, 6.45) is 7.66. The first-order chi connectivity index (χ1) is 19.4. The van der Waals surface area contributed by atoms with Gasteiger partial charge in [0.05, 0.1) is 13.2 Å². The van der Waals surface area contributed by atoms with E-state index in [9.17, 15) is 19.2 Å². The van der Waals surface area contributed by atoms with Crippen LogP contribution in [-0.2, 0) is 9.59 Å². The van der Waals surface area contributed by atoms with Gasteiger partial charge in [-0.25, -0.2) is 4.98 Å². The molecule has 40 heavy (non-hydrogen) atoms. The summed E-state index contributed by atoms with van der Waals surface area (Å²) in [7, 11) is 1.59. The van der Waals surface area contributed by atoms with Crippen molar-refractivity contribution in [2.45, 2.75) is 50.6 Å². The van der Waals surface area contributed by atoms with Gasteiger partial charge < -0.3 is 30.2 Å². The molecule has 2 saturated heterocycles. The zero-order valence-electron chi connectivity index (χ0n) is 22.4. The molecule has 210 valence electrons. The van der Waals surface area contributed by atoms with Gasteiger partial charge in [-0.2, -0.15) is 0 Å². The van der Waals surface area contributed by atoms with Gasteiger partial charge in [0.25, 0.3) is 5.91 Å². The van der Waals surface area contributed by atoms with E-state index in [1.165, 1.54) is 6.20 Å². The number of benzene rings is 1. The third-order valence-corrected chi connectivity index (χ3v) is 8.79. The number of H-pyrrole nitrogens is 2. The first-order valence-electron chi connectivity index (χ1n) is 14.0. The molecule has 0 spiro atoms. The zero-order chi connectivity index (χ0) is 27.8. The highest BCUT2D eigenvalue weighted by molar-refractivity contribution is 6.03. The van der Waals surface area contributed by atoms with Crippen LogP contribution in [0.2, 0.25) is 0 Å². The fourth-order valence-electron chi connectivity index (χ4n) is 6.80. The van der Waals surface area contributed by atoms with Crippen molar-refractivity contribution >= 4 is 34.4 Å². The molecule has 1 aromatic carbocycles. The molecule has 2 aromatic heterocycles. The van der Waals surface area contributed by atoms with Crippen LogP contribution in [0.5, 0.6) is 5.75 Å². The van der Waals surface area contributed by atoms with Gasteiger partial charge in [0, 0.05) is 42.3 Å². The molecular formula is C29H34N6O5. The third kappa shape index (κ3) is 4.73. The van der Waals surface area contributed by atoms with Crippen molar-refractivity contribution < 1.29 is 23.9 Å². The van der Waals surface area contributed by atoms with Crippen LogP contribution in [0.4, 0.5) is 0 Å². The number of nitrogens with zero attached hydrogens (tertiary/aromatic N) is 2. The maximum Gasteiger partial charge on any atom is 0.271 e. The second-order valence-electron chi connectivity index (χ2n) is 11.1. The van der Waals surface area contributed by atoms with Gasteiger partial charge in [-0.15, -0.1) is 0 Å². The Morgan fingerprint density at radius 1 is 1.20 bits per heavy atom. The molecule has 3 aromatic rings. The predicted octanol–water partition coefficient (Wildman–Crippen LogP) is 2.42. The maximum atomic E-state index is 14.0. The van der Waals surface area contributed by atoms with Crippen molar-refractivity contribution in [2.75, 3.05) is 20.2 Å². The van der Waals surface area contributed by atoms with Crippen molar-refractivity contribution in [3.8, 4) is 5.75 Å². The molecule has 3 amide bonds. The maximum absolute atomic E-state index is 14.0. The fourth-order valence-corrected chi connectivity index (χ4v) is 6.80. The number of methoxy groups -OCH3 is 1. The summed E-state index contributed by atoms with van der Waals surface area (Å²) in [5.74, 6) is -0.482. The normalized spacial score (nSPS) is 24.9. The molecule has 4 heterocycles. The van der Waals surface area contributed by atoms with E-state index in [4.69, 9.17) is 4.74 Å². The van der Waals surface area contributed by atoms with E-state index in [0.29, 0.717) is 31.0 Å². The van der Waals surface area contributed by atoms with Gasteiger partial charge in [-0.3, -0.25) is 19.2 Å². The number of likely N-dealkylation sites (tertiary alicyclic amines) is 1. The molecule has 5 atom stereocenters. The van der Waals surface area contributed by atoms with Crippen LogP contribution < -0.4 is 15.4 Å². The van der Waals surface area contributed by atoms with E-state index in [2.05, 4.69) is 25.6 Å². The van der Waals surface area contributed by atoms with Crippen molar-refractivity contribution in [2.24, 2.45) is 17.8 Å². The number of ketones is 1. The average molecular weight is 547 g/mol. The fraction of sp³-hybridized carbons (Fsp3) is 0.483. The Hall–Kier alpha value is -4.15. The Morgan fingerprint density at radius 3 is 2.80 bits per heavy atom. The van der Waals surface area contributed by atoms with Crippen LogP contribution in [0.25, 0.3) is 10.9 Å². The van der Waals surface area contributed by atoms with E-state index in [1.54, 1.807) is 24.3 Å². The first kappa shape index (κ1) is 26.1. The molecule has 1 saturated carbocycles. The van der Waals surface area contributed by atoms with E-state index >= 15 is 0 Å². The predicted molar refractivity (Wildman–Crippen MR) is 146 cm³/mol. The second-order valence-corrected chi connectivity index (χ2v) is 11.1. The number of fused-ring (bicyclic) bond motifs is 2. The highest BCUT2D eigenvalue weighted by Crippen LogP contribution is 2.41. The molecule has 1 unspecified atom stereocenters. The quantitative estimate of drug-likeness (QED) is 0.319. The molecular weight excluding hydrogens is 512 g/mol. The van der Waals surface area contributed by atoms with E-state index in [-0.39, 0.29) is 53.5 Å². The molecule has 11 nitrogen and oxygen atoms in total. The van der Waals surface area contributed by atoms with Crippen LogP contribution in [0, 0.1) is 17.8 Å². The largest absolute Gasteiger partial charge is 0.496 e. The Labute approximate surface area is 231 Å². The van der Waals surface area contributed by atoms with E-state index < -0.39 is 12.1 Å². The van der Waals surface area contributed by atoms with Crippen LogP contribution in [-0.4, -0.2) is 75.6 Å². The minimum atomic E-state index is -0.940. The number of Topliss-reactive ketones (excluding diaryl/α,β-unsaturated/α-hetero) is 1. The zero-order valence-corrected chi connectivity index (χ0v) is 22.4. The standard InChI is InChI=1S/C29H34N6O5/c1-40-23-8-4-7-20-19(23)14-22(33-20)29(39)35-15-17-5-2-3-6-18(17)24(35)28(38)34-21(13-16-9-10-32-27(16)37)25(36)26-30-11-12-31-26/h4,7-8,11-12,14,16-18,21,24,33H,2-3,5-6,9-10,13,15H2,1H3,(H,30,31)(H,32,37)(H,34,38)/t16-,17-,18-,21?,24-/m0/s1. The number of ether oxygens (including phenoxy) is 1. The van der Waals surface area contributed by atoms with E-state index in [0.717, 1.165) is 36.6 Å². The third-order valence-electron chi connectivity index (χ3n) is 8.79. The lowest BCUT2D eigenvalue weighted by Crippen LogP contribution is -2.53. The number of nitrogens with one attached hydrogen (secondary N) is 4. The number of hydrogen-bond donors (Lipinski definition) is 4. The summed E-state index contributed by atoms with van der Waals surface area (Å²) in [5.41, 5.74) is 1.17. The number of aromatic amines is 2. The molecule has 4 N–H and O–H groups in total. The molecule has 11 heteroatoms. The van der Waals surface area contributed by atoms with Gasteiger partial charge >= 0.3 is 0 Å². The van der Waals surface area contributed by atoms with Crippen molar-refractivity contribution in [3.05, 3.63) is 48.2 Å². The number of carbonyl (C=O) groups is 4. The van der Waals surface area contributed by atoms with Crippen LogP contribution in [0.15, 0.2) is 36.7 Å². The summed E-state index contributed by atoms with van der Waals surface area (Å²) in [6, 6.07) is 5.70. The molecule has 0 radical (unpaired) electrons. The van der Waals surface area contributed by atoms with Gasteiger partial charge in [0.1, 0.15) is 17.5 Å². The van der Waals surface area contributed by atoms with E-state index in [1.807, 2.05) is 18.2 Å². The SMILES string of the molecule is COc1cccc2[nH]c(C(=O)N3C[C@@H]4CCCC[C@@H]4[C@H]3C(=O)NC(C[C@@H]3CCNC3=O)C(=O)c3ncc[nH]3)cc12. The Morgan fingerprint density at radius 2 is 2.05 bits per heavy atom. The second kappa shape index (κ2) is 10.8. The Balaban J connectivity index is 1.29. The Bertz CT molecular complexity index is 1430. The highest BCUT2D eigenvalue weighted by atomic mass is 16.5. The molecule has 0 bridgehead atoms. The first-order valence-corrected chi connectivity index (χ1v) is 14.0. The minimum Gasteiger partial charge on any atom is -0.496 e. The van der Waals surface area contributed by atoms with Gasteiger partial charge in [-0.05, 0) is 55.7 Å². The summed E-state index contributed by atoms with van der Waals surface area (Å²) in [6.45, 7) is 1.03. The molecule has 3 fully saturated rings. The van der Waals surface area contributed by atoms with Crippen LogP contribution in [0.3, 0.4) is 0 Å². The number of amides is 3. The van der Waals surface area contributed by atoms with Crippen molar-refractivity contribution in [3.63, 3.8) is 0 Å². The summed E-state index contributed by atoms with van der Waals surface area (Å²) >= 11 is 0.